The molecule has 0 amide bonds. The number of carboxylic acid groups (broad SMARTS) is 1. The molecule has 0 aliphatic rings. The van der Waals surface area contributed by atoms with Crippen LogP contribution >= 0.6 is 6.72 Å². The predicted molar refractivity (Wildman–Crippen MR) is 131 cm³/mol. The van der Waals surface area contributed by atoms with Gasteiger partial charge in [0.05, 0.1) is 24.0 Å². The molecule has 0 radical (unpaired) electrons. The average Bonchev–Trinajstić information content (AvgIpc) is 3.26. The lowest BCUT2D eigenvalue weighted by molar-refractivity contribution is -0.192. The van der Waals surface area contributed by atoms with Crippen LogP contribution in [-0.4, -0.2) is 43.6 Å². The average molecular weight is 540 g/mol. The number of hydrogen-bond donors (Lipinski definition) is 5. The number of H-pyrrole nitrogens is 1. The third-order valence-corrected chi connectivity index (χ3v) is 5.76. The van der Waals surface area contributed by atoms with Crippen LogP contribution in [0.3, 0.4) is 0 Å². The number of rotatable bonds is 12. The van der Waals surface area contributed by atoms with Crippen molar-refractivity contribution in [2.45, 2.75) is 70.5 Å². The zero-order chi connectivity index (χ0) is 26.7. The first-order valence-electron chi connectivity index (χ1n) is 11.1. The third-order valence-electron chi connectivity index (χ3n) is 4.98. The summed E-state index contributed by atoms with van der Waals surface area (Å²) in [5.74, 6) is -2.25. The number of unbranched alkanes of at least 4 members (excludes halogenated alkanes) is 5. The molecule has 0 aliphatic heterocycles. The number of aryl methyl sites for hydroxylation is 1. The van der Waals surface area contributed by atoms with Gasteiger partial charge in [0.15, 0.2) is 0 Å². The summed E-state index contributed by atoms with van der Waals surface area (Å²) in [5.41, 5.74) is 8.40. The number of nitrogens with two attached hydrogens (primary N) is 1. The Morgan fingerprint density at radius 1 is 1.14 bits per heavy atom. The standard InChI is InChI=1S/C20H32N3O3PS.C2HF3O2/c1-3-4-5-6-7-8-9-16-10-12-17(13-11-16)18-14-22-19(23-18)20(2,21)15-26-27(24,25)28;3-2(4,5)1(6)7/h10-14H,3-9,15,21H2,1-2H3,(H,22,23)(H2,24,25,28);(H,6,7). The Hall–Kier alpha value is -1.82. The number of aromatic nitrogens is 2. The van der Waals surface area contributed by atoms with Crippen LogP contribution in [0.15, 0.2) is 30.5 Å². The predicted octanol–water partition coefficient (Wildman–Crippen LogP) is 5.01. The summed E-state index contributed by atoms with van der Waals surface area (Å²) in [6, 6.07) is 8.46. The number of aromatic amines is 1. The van der Waals surface area contributed by atoms with Gasteiger partial charge in [-0.3, -0.25) is 0 Å². The van der Waals surface area contributed by atoms with Crippen molar-refractivity contribution in [2.75, 3.05) is 6.61 Å². The van der Waals surface area contributed by atoms with Crippen LogP contribution in [0, 0.1) is 0 Å². The molecule has 6 N–H and O–H groups in total. The number of carboxylic acids is 1. The van der Waals surface area contributed by atoms with E-state index in [9.17, 15) is 23.0 Å². The molecule has 1 heterocycles. The Balaban J connectivity index is 0.000000762. The molecule has 1 aromatic heterocycles. The largest absolute Gasteiger partial charge is 0.490 e. The number of halogens is 3. The third kappa shape index (κ3) is 12.6. The molecule has 35 heavy (non-hydrogen) atoms. The van der Waals surface area contributed by atoms with Gasteiger partial charge in [0.2, 0.25) is 0 Å². The first-order valence-corrected chi connectivity index (χ1v) is 13.7. The van der Waals surface area contributed by atoms with E-state index < -0.39 is 24.4 Å². The van der Waals surface area contributed by atoms with Gasteiger partial charge in [-0.2, -0.15) is 13.2 Å². The maximum absolute atomic E-state index is 10.6. The maximum Gasteiger partial charge on any atom is 0.490 e. The summed E-state index contributed by atoms with van der Waals surface area (Å²) in [7, 11) is 0. The Kier molecular flexibility index (Phi) is 12.5. The number of carbonyl (C=O) groups is 1. The Bertz CT molecular complexity index is 962. The van der Waals surface area contributed by atoms with Crippen molar-refractivity contribution in [3.8, 4) is 11.3 Å². The molecule has 0 saturated carbocycles. The molecule has 2 aromatic rings. The van der Waals surface area contributed by atoms with Gasteiger partial charge < -0.3 is 30.1 Å². The summed E-state index contributed by atoms with van der Waals surface area (Å²) in [5, 5.41) is 7.12. The van der Waals surface area contributed by atoms with E-state index in [0.717, 1.165) is 17.7 Å². The minimum absolute atomic E-state index is 0.137. The molecule has 0 aliphatic carbocycles. The summed E-state index contributed by atoms with van der Waals surface area (Å²) in [6.45, 7) is 0.0545. The van der Waals surface area contributed by atoms with E-state index in [-0.39, 0.29) is 6.61 Å². The van der Waals surface area contributed by atoms with Gasteiger partial charge >= 0.3 is 18.9 Å². The number of aliphatic carboxylic acids is 1. The summed E-state index contributed by atoms with van der Waals surface area (Å²) >= 11 is 4.47. The Morgan fingerprint density at radius 3 is 2.20 bits per heavy atom. The van der Waals surface area contributed by atoms with E-state index >= 15 is 0 Å². The van der Waals surface area contributed by atoms with Crippen molar-refractivity contribution in [3.05, 3.63) is 41.9 Å². The topological polar surface area (TPSA) is 142 Å². The summed E-state index contributed by atoms with van der Waals surface area (Å²) < 4.78 is 36.6. The monoisotopic (exact) mass is 539 g/mol. The van der Waals surface area contributed by atoms with Crippen LogP contribution < -0.4 is 5.73 Å². The van der Waals surface area contributed by atoms with Gasteiger partial charge in [0, 0.05) is 0 Å². The van der Waals surface area contributed by atoms with Crippen molar-refractivity contribution >= 4 is 24.5 Å². The van der Waals surface area contributed by atoms with Crippen LogP contribution in [0.2, 0.25) is 0 Å². The van der Waals surface area contributed by atoms with E-state index in [4.69, 9.17) is 20.2 Å². The Labute approximate surface area is 208 Å². The molecule has 1 aromatic carbocycles. The number of imidazole rings is 1. The lowest BCUT2D eigenvalue weighted by Crippen LogP contribution is -2.39. The molecule has 0 fully saturated rings. The van der Waals surface area contributed by atoms with Crippen molar-refractivity contribution in [3.63, 3.8) is 0 Å². The highest BCUT2D eigenvalue weighted by Gasteiger charge is 2.38. The molecule has 0 bridgehead atoms. The maximum atomic E-state index is 10.6. The molecule has 198 valence electrons. The van der Waals surface area contributed by atoms with Gasteiger partial charge in [-0.25, -0.2) is 9.78 Å². The smallest absolute Gasteiger partial charge is 0.475 e. The van der Waals surface area contributed by atoms with Crippen molar-refractivity contribution in [2.24, 2.45) is 5.73 Å². The molecule has 1 atom stereocenters. The van der Waals surface area contributed by atoms with Crippen LogP contribution in [0.25, 0.3) is 11.3 Å². The van der Waals surface area contributed by atoms with Crippen molar-refractivity contribution in [1.82, 2.24) is 9.97 Å². The van der Waals surface area contributed by atoms with Gasteiger partial charge in [-0.1, -0.05) is 63.3 Å². The second-order valence-electron chi connectivity index (χ2n) is 8.34. The molecule has 0 spiro atoms. The fourth-order valence-electron chi connectivity index (χ4n) is 3.01. The van der Waals surface area contributed by atoms with Crippen molar-refractivity contribution in [1.29, 1.82) is 0 Å². The van der Waals surface area contributed by atoms with Crippen LogP contribution in [0.1, 0.15) is 63.8 Å². The van der Waals surface area contributed by atoms with Crippen molar-refractivity contribution < 1.29 is 37.4 Å². The van der Waals surface area contributed by atoms with Gasteiger partial charge in [-0.15, -0.1) is 0 Å². The fraction of sp³-hybridized carbons (Fsp3) is 0.545. The number of benzene rings is 1. The summed E-state index contributed by atoms with van der Waals surface area (Å²) in [4.78, 5) is 34.9. The molecule has 1 unspecified atom stereocenters. The second kappa shape index (κ2) is 14.1. The highest BCUT2D eigenvalue weighted by molar-refractivity contribution is 8.06. The van der Waals surface area contributed by atoms with Crippen LogP contribution in [0.4, 0.5) is 13.2 Å². The molecular formula is C22H33F3N3O5PS. The lowest BCUT2D eigenvalue weighted by atomic mass is 10.0. The van der Waals surface area contributed by atoms with E-state index in [1.54, 1.807) is 13.1 Å². The van der Waals surface area contributed by atoms with E-state index in [0.29, 0.717) is 5.82 Å². The quantitative estimate of drug-likeness (QED) is 0.187. The van der Waals surface area contributed by atoms with Gasteiger partial charge in [0.25, 0.3) is 0 Å². The normalized spacial score (nSPS) is 13.6. The summed E-state index contributed by atoms with van der Waals surface area (Å²) in [6.07, 6.45) is 5.55. The number of nitrogens with zero attached hydrogens (tertiary/aromatic N) is 1. The SMILES string of the molecule is CCCCCCCCc1ccc(-c2cnc(C(C)(N)COP(O)(O)=S)[nH]2)cc1.O=C(O)C(F)(F)F. The number of nitrogens with one attached hydrogen (secondary N) is 1. The lowest BCUT2D eigenvalue weighted by Gasteiger charge is -2.23. The molecule has 2 rings (SSSR count). The molecular weight excluding hydrogens is 506 g/mol. The van der Waals surface area contributed by atoms with Crippen LogP contribution in [0.5, 0.6) is 0 Å². The van der Waals surface area contributed by atoms with Crippen LogP contribution in [-0.2, 0) is 33.1 Å². The molecule has 8 nitrogen and oxygen atoms in total. The Morgan fingerprint density at radius 2 is 1.69 bits per heavy atom. The zero-order valence-corrected chi connectivity index (χ0v) is 21.4. The minimum Gasteiger partial charge on any atom is -0.475 e. The van der Waals surface area contributed by atoms with E-state index in [2.05, 4.69) is 53.0 Å². The molecule has 13 heteroatoms. The van der Waals surface area contributed by atoms with E-state index in [1.165, 1.54) is 44.1 Å². The van der Waals surface area contributed by atoms with Gasteiger partial charge in [-0.05, 0) is 42.7 Å². The first-order chi connectivity index (χ1) is 16.2. The fourth-order valence-corrected chi connectivity index (χ4v) is 3.60. The first kappa shape index (κ1) is 31.2. The number of hydrogen-bond acceptors (Lipinski definition) is 5. The second-order valence-corrected chi connectivity index (χ2v) is 11.0. The number of alkyl halides is 3. The molecule has 0 saturated heterocycles. The minimum atomic E-state index is -5.08. The highest BCUT2D eigenvalue weighted by Crippen LogP contribution is 2.38. The zero-order valence-electron chi connectivity index (χ0n) is 19.7. The highest BCUT2D eigenvalue weighted by atomic mass is 32.5. The van der Waals surface area contributed by atoms with E-state index in [1.807, 2.05) is 0 Å². The van der Waals surface area contributed by atoms with Gasteiger partial charge in [0.1, 0.15) is 5.82 Å².